The maximum atomic E-state index is 13.4. The molecule has 1 saturated heterocycles. The number of rotatable bonds is 22. The first-order valence-corrected chi connectivity index (χ1v) is 19.1. The number of nitrogens with zero attached hydrogens (tertiary/aromatic N) is 2. The average Bonchev–Trinajstić information content (AvgIpc) is 3.24. The van der Waals surface area contributed by atoms with Crippen molar-refractivity contribution in [3.8, 4) is 11.1 Å². The Labute approximate surface area is 347 Å². The number of nitrogens with one attached hydrogen (secondary N) is 4. The number of ether oxygens (including phenoxy) is 2. The van der Waals surface area contributed by atoms with E-state index in [0.29, 0.717) is 29.6 Å². The summed E-state index contributed by atoms with van der Waals surface area (Å²) in [5.74, 6) is -8.04. The number of fused-ring (bicyclic) bond motifs is 1. The maximum absolute atomic E-state index is 13.4. The zero-order valence-corrected chi connectivity index (χ0v) is 33.0. The number of carboxylic acid groups (broad SMARTS) is 2. The second kappa shape index (κ2) is 22.5. The third-order valence-corrected chi connectivity index (χ3v) is 9.48. The molecule has 10 N–H and O–H groups in total. The molecule has 2 aromatic carbocycles. The van der Waals surface area contributed by atoms with E-state index in [-0.39, 0.29) is 61.1 Å². The van der Waals surface area contributed by atoms with Gasteiger partial charge in [-0.25, -0.2) is 4.48 Å². The number of benzene rings is 2. The Morgan fingerprint density at radius 2 is 1.59 bits per heavy atom. The molecule has 3 aromatic rings. The standard InChI is InChI=1S/C39H48N8O14/c40-39(41)42-13-5-10-26(36(55)43-20-31(51)45-27(18-33(52)53)37(56)46-28(21-48)38(57)58)44-30(50)11-12-34(54)60-22-47(14-16-59-17-15-47)32-19-29(49)25-9-4-8-24(35(25)61-32)23-6-2-1-3-7-23/h1-4,6-9,19,26-28,48H,5,10-18,20-22H2,(H9-,40,41,42,43,44,45,46,50,51,52,53,55,56,57,58). The molecule has 0 aliphatic carbocycles. The van der Waals surface area contributed by atoms with Gasteiger partial charge in [0, 0.05) is 18.5 Å². The molecule has 0 spiro atoms. The van der Waals surface area contributed by atoms with E-state index in [9.17, 15) is 48.6 Å². The summed E-state index contributed by atoms with van der Waals surface area (Å²) >= 11 is 0. The van der Waals surface area contributed by atoms with Gasteiger partial charge in [-0.3, -0.25) is 38.6 Å². The van der Waals surface area contributed by atoms with Gasteiger partial charge in [0.15, 0.2) is 17.0 Å². The summed E-state index contributed by atoms with van der Waals surface area (Å²) < 4.78 is 17.6. The number of guanidine groups is 1. The second-order valence-corrected chi connectivity index (χ2v) is 13.9. The maximum Gasteiger partial charge on any atom is 0.310 e. The van der Waals surface area contributed by atoms with E-state index in [1.807, 2.05) is 41.7 Å². The molecular weight excluding hydrogens is 804 g/mol. The third-order valence-electron chi connectivity index (χ3n) is 9.48. The van der Waals surface area contributed by atoms with Crippen molar-refractivity contribution in [3.05, 3.63) is 64.8 Å². The van der Waals surface area contributed by atoms with Gasteiger partial charge in [-0.05, 0) is 24.5 Å². The normalized spacial score (nSPS) is 14.6. The molecule has 0 bridgehead atoms. The van der Waals surface area contributed by atoms with Crippen molar-refractivity contribution < 1.29 is 62.8 Å². The smallest absolute Gasteiger partial charge is 0.310 e. The first-order valence-electron chi connectivity index (χ1n) is 19.1. The summed E-state index contributed by atoms with van der Waals surface area (Å²) in [5, 5.41) is 38.4. The molecule has 2 heterocycles. The van der Waals surface area contributed by atoms with Crippen molar-refractivity contribution in [3.63, 3.8) is 0 Å². The molecule has 4 rings (SSSR count). The number of aliphatic hydroxyl groups is 1. The molecule has 1 aromatic heterocycles. The van der Waals surface area contributed by atoms with Gasteiger partial charge in [0.2, 0.25) is 30.4 Å². The van der Waals surface area contributed by atoms with Gasteiger partial charge < -0.3 is 66.7 Å². The molecule has 61 heavy (non-hydrogen) atoms. The van der Waals surface area contributed by atoms with Crippen molar-refractivity contribution >= 4 is 64.3 Å². The number of morpholine rings is 1. The summed E-state index contributed by atoms with van der Waals surface area (Å²) in [4.78, 5) is 104. The number of aliphatic carboxylic acids is 2. The summed E-state index contributed by atoms with van der Waals surface area (Å²) in [6.07, 6.45) is -1.67. The lowest BCUT2D eigenvalue weighted by Gasteiger charge is -2.37. The van der Waals surface area contributed by atoms with E-state index in [1.165, 1.54) is 6.07 Å². The number of hydrogen-bond acceptors (Lipinski definition) is 14. The zero-order chi connectivity index (χ0) is 44.5. The van der Waals surface area contributed by atoms with Crippen LogP contribution in [0, 0.1) is 0 Å². The lowest BCUT2D eigenvalue weighted by Crippen LogP contribution is -2.58. The Morgan fingerprint density at radius 1 is 0.885 bits per heavy atom. The molecule has 1 fully saturated rings. The van der Waals surface area contributed by atoms with E-state index in [2.05, 4.69) is 20.9 Å². The number of aliphatic hydroxyl groups excluding tert-OH is 1. The van der Waals surface area contributed by atoms with E-state index < -0.39 is 92.1 Å². The summed E-state index contributed by atoms with van der Waals surface area (Å²) in [6.45, 7) is -0.873. The number of para-hydroxylation sites is 1. The van der Waals surface area contributed by atoms with Gasteiger partial charge in [-0.1, -0.05) is 42.5 Å². The molecule has 22 heteroatoms. The minimum Gasteiger partial charge on any atom is -0.548 e. The van der Waals surface area contributed by atoms with Gasteiger partial charge in [-0.15, -0.1) is 0 Å². The van der Waals surface area contributed by atoms with Crippen molar-refractivity contribution in [2.24, 2.45) is 16.5 Å². The Kier molecular flexibility index (Phi) is 17.2. The van der Waals surface area contributed by atoms with Crippen LogP contribution in [-0.2, 0) is 43.0 Å². The summed E-state index contributed by atoms with van der Waals surface area (Å²) in [5.41, 5.74) is 12.4. The van der Waals surface area contributed by atoms with Crippen LogP contribution in [0.2, 0.25) is 0 Å². The van der Waals surface area contributed by atoms with Crippen LogP contribution >= 0.6 is 0 Å². The van der Waals surface area contributed by atoms with Crippen LogP contribution in [0.4, 0.5) is 5.88 Å². The van der Waals surface area contributed by atoms with Gasteiger partial charge >= 0.3 is 17.8 Å². The monoisotopic (exact) mass is 852 g/mol. The number of quaternary nitrogens is 1. The van der Waals surface area contributed by atoms with E-state index in [1.54, 1.807) is 12.1 Å². The highest BCUT2D eigenvalue weighted by Crippen LogP contribution is 2.33. The van der Waals surface area contributed by atoms with Crippen molar-refractivity contribution in [2.75, 3.05) is 52.7 Å². The predicted octanol–water partition coefficient (Wildman–Crippen LogP) is -3.08. The van der Waals surface area contributed by atoms with Crippen LogP contribution in [0.3, 0.4) is 0 Å². The summed E-state index contributed by atoms with van der Waals surface area (Å²) in [6, 6.07) is 11.1. The number of carbonyl (C=O) groups is 7. The molecule has 328 valence electrons. The number of carboxylic acids is 2. The SMILES string of the molecule is NC(N)=NCCCC(NC(=O)CCC(=O)OC[N+]1(c2cc(=O)c3cccc(-c4ccccc4)c3o2)CCOCC1)C(=O)NCC(=O)NC(CC(=O)O)C(=O)NC(CO)C(=O)[O-]. The van der Waals surface area contributed by atoms with Gasteiger partial charge in [0.05, 0.1) is 62.7 Å². The van der Waals surface area contributed by atoms with Crippen LogP contribution in [0.25, 0.3) is 22.1 Å². The molecule has 22 nitrogen and oxygen atoms in total. The average molecular weight is 853 g/mol. The van der Waals surface area contributed by atoms with Crippen LogP contribution in [0.15, 0.2) is 68.8 Å². The molecular formula is C39H48N8O14. The Bertz CT molecular complexity index is 2150. The van der Waals surface area contributed by atoms with Gasteiger partial charge in [0.1, 0.15) is 25.2 Å². The van der Waals surface area contributed by atoms with Crippen LogP contribution in [0.1, 0.15) is 32.1 Å². The number of amides is 4. The van der Waals surface area contributed by atoms with Gasteiger partial charge in [-0.2, -0.15) is 0 Å². The van der Waals surface area contributed by atoms with E-state index >= 15 is 0 Å². The van der Waals surface area contributed by atoms with E-state index in [0.717, 1.165) is 5.56 Å². The molecule has 3 atom stereocenters. The number of hydrogen-bond donors (Lipinski definition) is 8. The molecule has 0 saturated carbocycles. The molecule has 3 unspecified atom stereocenters. The van der Waals surface area contributed by atoms with Gasteiger partial charge in [0.25, 0.3) is 0 Å². The molecule has 0 radical (unpaired) electrons. The number of nitrogens with two attached hydrogens (primary N) is 2. The van der Waals surface area contributed by atoms with Crippen LogP contribution < -0.4 is 47.8 Å². The van der Waals surface area contributed by atoms with Crippen molar-refractivity contribution in [1.82, 2.24) is 25.8 Å². The van der Waals surface area contributed by atoms with Crippen molar-refractivity contribution in [2.45, 2.75) is 50.2 Å². The van der Waals surface area contributed by atoms with Crippen molar-refractivity contribution in [1.29, 1.82) is 0 Å². The number of carbonyl (C=O) groups excluding carboxylic acids is 6. The zero-order valence-electron chi connectivity index (χ0n) is 33.0. The lowest BCUT2D eigenvalue weighted by atomic mass is 10.0. The fourth-order valence-electron chi connectivity index (χ4n) is 6.24. The highest BCUT2D eigenvalue weighted by atomic mass is 16.6. The van der Waals surface area contributed by atoms with Crippen LogP contribution in [-0.4, -0.2) is 129 Å². The Hall–Kier alpha value is -6.91. The third kappa shape index (κ3) is 13.8. The quantitative estimate of drug-likeness (QED) is 0.0163. The second-order valence-electron chi connectivity index (χ2n) is 13.9. The van der Waals surface area contributed by atoms with Crippen LogP contribution in [0.5, 0.6) is 0 Å². The first kappa shape index (κ1) is 46.8. The highest BCUT2D eigenvalue weighted by molar-refractivity contribution is 5.95. The molecule has 4 amide bonds. The minimum atomic E-state index is -1.89. The Morgan fingerprint density at radius 3 is 2.25 bits per heavy atom. The number of aliphatic imine (C=N–C) groups is 1. The number of esters is 1. The first-order chi connectivity index (χ1) is 29.1. The molecule has 1 aliphatic rings. The minimum absolute atomic E-state index is 0.0404. The fraction of sp³-hybridized carbons (Fsp3) is 0.410. The Balaban J connectivity index is 1.38. The van der Waals surface area contributed by atoms with E-state index in [4.69, 9.17) is 30.5 Å². The topological polar surface area (TPSA) is 344 Å². The molecule has 1 aliphatic heterocycles. The predicted molar refractivity (Wildman–Crippen MR) is 214 cm³/mol. The fourth-order valence-corrected chi connectivity index (χ4v) is 6.24. The largest absolute Gasteiger partial charge is 0.548 e. The summed E-state index contributed by atoms with van der Waals surface area (Å²) in [7, 11) is 0. The highest BCUT2D eigenvalue weighted by Gasteiger charge is 2.38. The lowest BCUT2D eigenvalue weighted by molar-refractivity contribution is -0.309.